The first-order chi connectivity index (χ1) is 11.8. The van der Waals surface area contributed by atoms with Gasteiger partial charge in [-0.25, -0.2) is 4.98 Å². The Hall–Kier alpha value is -2.98. The molecule has 0 spiro atoms. The molecule has 0 unspecified atom stereocenters. The van der Waals surface area contributed by atoms with Crippen molar-refractivity contribution in [3.63, 3.8) is 0 Å². The Kier molecular flexibility index (Phi) is 4.99. The van der Waals surface area contributed by atoms with Crippen molar-refractivity contribution in [2.45, 2.75) is 12.8 Å². The Morgan fingerprint density at radius 3 is 2.83 bits per heavy atom. The first-order valence-electron chi connectivity index (χ1n) is 7.38. The summed E-state index contributed by atoms with van der Waals surface area (Å²) in [5.41, 5.74) is 2.90. The lowest BCUT2D eigenvalue weighted by molar-refractivity contribution is 0.852. The lowest BCUT2D eigenvalue weighted by atomic mass is 10.1. The Morgan fingerprint density at radius 2 is 2.12 bits per heavy atom. The Bertz CT molecular complexity index is 837. The molecule has 0 fully saturated rings. The molecule has 0 atom stereocenters. The van der Waals surface area contributed by atoms with Crippen molar-refractivity contribution in [2.75, 3.05) is 11.9 Å². The van der Waals surface area contributed by atoms with Crippen molar-refractivity contribution in [3.8, 4) is 17.3 Å². The molecule has 0 aromatic carbocycles. The molecule has 2 N–H and O–H groups in total. The van der Waals surface area contributed by atoms with Crippen molar-refractivity contribution in [3.05, 3.63) is 53.1 Å². The number of pyridine rings is 1. The minimum atomic E-state index is 0.469. The van der Waals surface area contributed by atoms with E-state index in [9.17, 15) is 5.26 Å². The third kappa shape index (κ3) is 3.67. The minimum absolute atomic E-state index is 0.469. The molecule has 3 heterocycles. The molecule has 0 saturated carbocycles. The molecular formula is C16H14ClN7. The normalized spacial score (nSPS) is 10.3. The molecule has 0 bridgehead atoms. The number of nitrogens with zero attached hydrogens (tertiary/aromatic N) is 5. The molecule has 3 aromatic rings. The maximum atomic E-state index is 9.40. The van der Waals surface area contributed by atoms with Crippen LogP contribution >= 0.6 is 11.6 Å². The highest BCUT2D eigenvalue weighted by Crippen LogP contribution is 2.24. The van der Waals surface area contributed by atoms with Gasteiger partial charge in [-0.2, -0.15) is 20.6 Å². The van der Waals surface area contributed by atoms with Gasteiger partial charge in [0, 0.05) is 18.3 Å². The van der Waals surface area contributed by atoms with Crippen molar-refractivity contribution >= 4 is 17.4 Å². The van der Waals surface area contributed by atoms with Crippen LogP contribution in [0.3, 0.4) is 0 Å². The number of H-pyrrole nitrogens is 1. The number of halogens is 1. The second-order valence-electron chi connectivity index (χ2n) is 5.08. The molecule has 0 aliphatic carbocycles. The van der Waals surface area contributed by atoms with Gasteiger partial charge in [0.05, 0.1) is 12.4 Å². The number of aromatic nitrogens is 5. The summed E-state index contributed by atoms with van der Waals surface area (Å²) in [7, 11) is 0. The highest BCUT2D eigenvalue weighted by atomic mass is 35.5. The Labute approximate surface area is 143 Å². The highest BCUT2D eigenvalue weighted by molar-refractivity contribution is 6.29. The summed E-state index contributed by atoms with van der Waals surface area (Å²) in [4.78, 5) is 4.06. The summed E-state index contributed by atoms with van der Waals surface area (Å²) in [5.74, 6) is 0.610. The molecule has 120 valence electrons. The molecule has 7 nitrogen and oxygen atoms in total. The monoisotopic (exact) mass is 339 g/mol. The zero-order chi connectivity index (χ0) is 16.8. The third-order valence-electron chi connectivity index (χ3n) is 3.47. The van der Waals surface area contributed by atoms with Gasteiger partial charge in [0.25, 0.3) is 0 Å². The second-order valence-corrected chi connectivity index (χ2v) is 5.47. The quantitative estimate of drug-likeness (QED) is 0.528. The van der Waals surface area contributed by atoms with Gasteiger partial charge >= 0.3 is 0 Å². The van der Waals surface area contributed by atoms with Crippen LogP contribution in [0.15, 0.2) is 36.8 Å². The zero-order valence-electron chi connectivity index (χ0n) is 12.7. The summed E-state index contributed by atoms with van der Waals surface area (Å²) < 4.78 is 0. The van der Waals surface area contributed by atoms with Gasteiger partial charge < -0.3 is 5.32 Å². The lowest BCUT2D eigenvalue weighted by Crippen LogP contribution is -2.04. The number of aryl methyl sites for hydroxylation is 1. The van der Waals surface area contributed by atoms with Crippen LogP contribution in [0.5, 0.6) is 0 Å². The minimum Gasteiger partial charge on any atom is -0.369 e. The van der Waals surface area contributed by atoms with Crippen LogP contribution in [-0.2, 0) is 6.42 Å². The van der Waals surface area contributed by atoms with E-state index >= 15 is 0 Å². The maximum absolute atomic E-state index is 9.40. The Morgan fingerprint density at radius 1 is 1.21 bits per heavy atom. The molecule has 3 rings (SSSR count). The number of hydrogen-bond acceptors (Lipinski definition) is 6. The average molecular weight is 340 g/mol. The first kappa shape index (κ1) is 15.9. The smallest absolute Gasteiger partial charge is 0.140 e. The standard InChI is InChI=1S/C16H14ClN7/c17-14-4-3-11(9-20-14)2-1-6-19-16-13(8-18)15(23-24-16)12-5-7-21-22-10-12/h3-5,7,9-10H,1-2,6H2,(H2,19,23,24). The van der Waals surface area contributed by atoms with Crippen LogP contribution in [0.1, 0.15) is 17.5 Å². The number of aromatic amines is 1. The van der Waals surface area contributed by atoms with Crippen LogP contribution in [-0.4, -0.2) is 31.9 Å². The van der Waals surface area contributed by atoms with E-state index in [-0.39, 0.29) is 0 Å². The molecular weight excluding hydrogens is 326 g/mol. The van der Waals surface area contributed by atoms with Crippen LogP contribution in [0.2, 0.25) is 5.15 Å². The number of hydrogen-bond donors (Lipinski definition) is 2. The van der Waals surface area contributed by atoms with E-state index in [1.54, 1.807) is 30.7 Å². The fourth-order valence-corrected chi connectivity index (χ4v) is 2.39. The van der Waals surface area contributed by atoms with Crippen molar-refractivity contribution < 1.29 is 0 Å². The highest BCUT2D eigenvalue weighted by Gasteiger charge is 2.14. The van der Waals surface area contributed by atoms with E-state index in [4.69, 9.17) is 11.6 Å². The van der Waals surface area contributed by atoms with E-state index in [2.05, 4.69) is 36.8 Å². The van der Waals surface area contributed by atoms with Crippen molar-refractivity contribution in [2.24, 2.45) is 0 Å². The number of anilines is 1. The van der Waals surface area contributed by atoms with E-state index in [1.165, 1.54) is 0 Å². The molecule has 0 aliphatic heterocycles. The molecule has 0 aliphatic rings. The van der Waals surface area contributed by atoms with Gasteiger partial charge in [-0.15, -0.1) is 0 Å². The average Bonchev–Trinajstić information content (AvgIpc) is 3.04. The van der Waals surface area contributed by atoms with Crippen LogP contribution in [0, 0.1) is 11.3 Å². The van der Waals surface area contributed by atoms with Gasteiger partial charge in [0.15, 0.2) is 0 Å². The third-order valence-corrected chi connectivity index (χ3v) is 3.69. The van der Waals surface area contributed by atoms with Gasteiger partial charge in [-0.3, -0.25) is 5.10 Å². The van der Waals surface area contributed by atoms with Crippen LogP contribution in [0.25, 0.3) is 11.3 Å². The summed E-state index contributed by atoms with van der Waals surface area (Å²) in [6.45, 7) is 0.702. The molecule has 3 aromatic heterocycles. The van der Waals surface area contributed by atoms with E-state index < -0.39 is 0 Å². The molecule has 24 heavy (non-hydrogen) atoms. The topological polar surface area (TPSA) is 103 Å². The van der Waals surface area contributed by atoms with Gasteiger partial charge in [0.2, 0.25) is 0 Å². The summed E-state index contributed by atoms with van der Waals surface area (Å²) in [5, 5.41) is 27.7. The predicted molar refractivity (Wildman–Crippen MR) is 90.4 cm³/mol. The van der Waals surface area contributed by atoms with Gasteiger partial charge in [-0.05, 0) is 30.5 Å². The Balaban J connectivity index is 1.61. The van der Waals surface area contributed by atoms with Crippen LogP contribution < -0.4 is 5.32 Å². The second kappa shape index (κ2) is 7.53. The summed E-state index contributed by atoms with van der Waals surface area (Å²) in [6, 6.07) is 7.68. The number of nitriles is 1. The van der Waals surface area contributed by atoms with E-state index in [0.29, 0.717) is 28.8 Å². The summed E-state index contributed by atoms with van der Waals surface area (Å²) >= 11 is 5.77. The summed E-state index contributed by atoms with van der Waals surface area (Å²) in [6.07, 6.45) is 6.67. The molecule has 0 radical (unpaired) electrons. The fraction of sp³-hybridized carbons (Fsp3) is 0.188. The number of nitrogens with one attached hydrogen (secondary N) is 2. The fourth-order valence-electron chi connectivity index (χ4n) is 2.28. The van der Waals surface area contributed by atoms with E-state index in [1.807, 2.05) is 6.07 Å². The van der Waals surface area contributed by atoms with Gasteiger partial charge in [-0.1, -0.05) is 17.7 Å². The zero-order valence-corrected chi connectivity index (χ0v) is 13.5. The number of rotatable bonds is 6. The molecule has 0 amide bonds. The first-order valence-corrected chi connectivity index (χ1v) is 7.75. The predicted octanol–water partition coefficient (Wildman–Crippen LogP) is 2.83. The molecule has 8 heteroatoms. The SMILES string of the molecule is N#Cc1c(-c2ccnnc2)n[nH]c1NCCCc1ccc(Cl)nc1. The van der Waals surface area contributed by atoms with Crippen molar-refractivity contribution in [1.82, 2.24) is 25.4 Å². The molecule has 0 saturated heterocycles. The van der Waals surface area contributed by atoms with Crippen molar-refractivity contribution in [1.29, 1.82) is 5.26 Å². The van der Waals surface area contributed by atoms with E-state index in [0.717, 1.165) is 24.0 Å². The largest absolute Gasteiger partial charge is 0.369 e. The van der Waals surface area contributed by atoms with Gasteiger partial charge in [0.1, 0.15) is 28.3 Å². The lowest BCUT2D eigenvalue weighted by Gasteiger charge is -2.04. The van der Waals surface area contributed by atoms with Crippen LogP contribution in [0.4, 0.5) is 5.82 Å². The maximum Gasteiger partial charge on any atom is 0.140 e.